The monoisotopic (exact) mass is 443 g/mol. The molecule has 2 aliphatic rings. The van der Waals surface area contributed by atoms with Gasteiger partial charge in [0.05, 0.1) is 13.2 Å². The number of nitriles is 1. The Bertz CT molecular complexity index is 748. The van der Waals surface area contributed by atoms with Crippen molar-refractivity contribution in [3.05, 3.63) is 35.6 Å². The largest absolute Gasteiger partial charge is 0.380 e. The molecule has 176 valence electrons. The van der Waals surface area contributed by atoms with Gasteiger partial charge in [0.2, 0.25) is 5.96 Å². The van der Waals surface area contributed by atoms with Crippen LogP contribution < -0.4 is 10.6 Å². The van der Waals surface area contributed by atoms with Crippen LogP contribution in [0.5, 0.6) is 0 Å². The van der Waals surface area contributed by atoms with E-state index >= 15 is 0 Å². The fourth-order valence-corrected chi connectivity index (χ4v) is 5.10. The Kier molecular flexibility index (Phi) is 10.2. The summed E-state index contributed by atoms with van der Waals surface area (Å²) in [4.78, 5) is 7.12. The van der Waals surface area contributed by atoms with Gasteiger partial charge in [-0.15, -0.1) is 0 Å². The zero-order valence-corrected chi connectivity index (χ0v) is 19.4. The number of guanidine groups is 1. The van der Waals surface area contributed by atoms with Crippen LogP contribution in [0.4, 0.5) is 4.39 Å². The molecule has 0 amide bonds. The van der Waals surface area contributed by atoms with E-state index in [-0.39, 0.29) is 5.82 Å². The van der Waals surface area contributed by atoms with Crippen molar-refractivity contribution in [2.75, 3.05) is 39.4 Å². The highest BCUT2D eigenvalue weighted by Gasteiger charge is 2.29. The van der Waals surface area contributed by atoms with E-state index in [1.165, 1.54) is 37.7 Å². The molecule has 1 aromatic rings. The molecular weight excluding hydrogens is 405 g/mol. The van der Waals surface area contributed by atoms with Crippen molar-refractivity contribution < 1.29 is 9.13 Å². The predicted molar refractivity (Wildman–Crippen MR) is 126 cm³/mol. The maximum Gasteiger partial charge on any atom is 0.205 e. The molecule has 3 unspecified atom stereocenters. The van der Waals surface area contributed by atoms with E-state index in [0.29, 0.717) is 43.6 Å². The van der Waals surface area contributed by atoms with Gasteiger partial charge in [0.25, 0.3) is 0 Å². The van der Waals surface area contributed by atoms with Crippen LogP contribution in [0.15, 0.2) is 29.3 Å². The van der Waals surface area contributed by atoms with Gasteiger partial charge in [-0.3, -0.25) is 10.3 Å². The first-order valence-electron chi connectivity index (χ1n) is 12.2. The summed E-state index contributed by atoms with van der Waals surface area (Å²) in [6.45, 7) is 7.07. The van der Waals surface area contributed by atoms with Crippen LogP contribution in [0.3, 0.4) is 0 Å². The van der Waals surface area contributed by atoms with Crippen LogP contribution in [0.2, 0.25) is 0 Å². The highest BCUT2D eigenvalue weighted by Crippen LogP contribution is 2.28. The maximum absolute atomic E-state index is 13.2. The van der Waals surface area contributed by atoms with Crippen LogP contribution in [0.1, 0.15) is 51.0 Å². The smallest absolute Gasteiger partial charge is 0.205 e. The lowest BCUT2D eigenvalue weighted by atomic mass is 9.83. The van der Waals surface area contributed by atoms with Crippen molar-refractivity contribution in [2.24, 2.45) is 16.8 Å². The molecule has 2 fully saturated rings. The number of piperidine rings is 1. The standard InChI is InChI=1S/C25H38FN5O/c1-2-32-15-13-28-25(29-19-27)30-24-8-4-3-7-22(24)18-31-14-5-6-21(17-31)16-20-9-11-23(26)12-10-20/h9-12,21-22,24H,2-8,13-18H2,1H3,(H2,28,29,30). The van der Waals surface area contributed by atoms with Gasteiger partial charge in [0.15, 0.2) is 6.19 Å². The number of likely N-dealkylation sites (tertiary alicyclic amines) is 1. The topological polar surface area (TPSA) is 72.7 Å². The van der Waals surface area contributed by atoms with Crippen LogP contribution >= 0.6 is 0 Å². The van der Waals surface area contributed by atoms with E-state index < -0.39 is 0 Å². The van der Waals surface area contributed by atoms with Crippen LogP contribution in [-0.4, -0.2) is 56.3 Å². The molecule has 0 spiro atoms. The van der Waals surface area contributed by atoms with Gasteiger partial charge in [-0.05, 0) is 75.1 Å². The highest BCUT2D eigenvalue weighted by atomic mass is 19.1. The minimum atomic E-state index is -0.165. The second-order valence-electron chi connectivity index (χ2n) is 9.06. The SMILES string of the molecule is CCOCCN=C(NC#N)NC1CCCCC1CN1CCCC(Cc2ccc(F)cc2)C1. The number of nitrogens with one attached hydrogen (secondary N) is 2. The van der Waals surface area contributed by atoms with Crippen molar-refractivity contribution in [1.82, 2.24) is 15.5 Å². The fourth-order valence-electron chi connectivity index (χ4n) is 5.10. The molecule has 1 aromatic carbocycles. The Hall–Kier alpha value is -2.17. The van der Waals surface area contributed by atoms with Crippen molar-refractivity contribution in [2.45, 2.75) is 57.9 Å². The molecule has 3 atom stereocenters. The Morgan fingerprint density at radius 2 is 2.03 bits per heavy atom. The van der Waals surface area contributed by atoms with Crippen molar-refractivity contribution >= 4 is 5.96 Å². The van der Waals surface area contributed by atoms with E-state index in [4.69, 9.17) is 10.00 Å². The normalized spacial score (nSPS) is 24.7. The Morgan fingerprint density at radius 3 is 2.81 bits per heavy atom. The number of aliphatic imine (C=N–C) groups is 1. The third kappa shape index (κ3) is 8.07. The van der Waals surface area contributed by atoms with Gasteiger partial charge in [-0.2, -0.15) is 5.26 Å². The third-order valence-corrected chi connectivity index (χ3v) is 6.65. The molecule has 0 bridgehead atoms. The number of halogens is 1. The number of ether oxygens (including phenoxy) is 1. The predicted octanol–water partition coefficient (Wildman–Crippen LogP) is 3.69. The van der Waals surface area contributed by atoms with Gasteiger partial charge in [-0.25, -0.2) is 4.39 Å². The maximum atomic E-state index is 13.2. The molecule has 7 heteroatoms. The molecule has 1 aliphatic carbocycles. The minimum absolute atomic E-state index is 0.165. The molecule has 2 N–H and O–H groups in total. The molecule has 6 nitrogen and oxygen atoms in total. The average molecular weight is 444 g/mol. The lowest BCUT2D eigenvalue weighted by molar-refractivity contribution is 0.125. The number of hydrogen-bond acceptors (Lipinski definition) is 4. The van der Waals surface area contributed by atoms with Crippen molar-refractivity contribution in [3.8, 4) is 6.19 Å². The molecule has 32 heavy (non-hydrogen) atoms. The summed E-state index contributed by atoms with van der Waals surface area (Å²) in [5, 5.41) is 15.4. The van der Waals surface area contributed by atoms with Crippen LogP contribution in [0, 0.1) is 29.1 Å². The first-order valence-corrected chi connectivity index (χ1v) is 12.2. The van der Waals surface area contributed by atoms with E-state index in [2.05, 4.69) is 20.5 Å². The average Bonchev–Trinajstić information content (AvgIpc) is 2.80. The lowest BCUT2D eigenvalue weighted by Crippen LogP contribution is -2.50. The molecule has 1 saturated carbocycles. The molecule has 3 rings (SSSR count). The lowest BCUT2D eigenvalue weighted by Gasteiger charge is -2.39. The number of nitrogens with zero attached hydrogens (tertiary/aromatic N) is 3. The molecule has 1 heterocycles. The first kappa shape index (κ1) is 24.5. The molecule has 1 aliphatic heterocycles. The Balaban J connectivity index is 1.54. The summed E-state index contributed by atoms with van der Waals surface area (Å²) in [5.41, 5.74) is 1.23. The first-order chi connectivity index (χ1) is 15.7. The van der Waals surface area contributed by atoms with E-state index in [1.807, 2.05) is 25.2 Å². The van der Waals surface area contributed by atoms with E-state index in [1.54, 1.807) is 12.1 Å². The van der Waals surface area contributed by atoms with Gasteiger partial charge >= 0.3 is 0 Å². The Labute approximate surface area is 192 Å². The molecular formula is C25H38FN5O. The van der Waals surface area contributed by atoms with Gasteiger partial charge in [0.1, 0.15) is 5.82 Å². The van der Waals surface area contributed by atoms with Crippen LogP contribution in [-0.2, 0) is 11.2 Å². The second kappa shape index (κ2) is 13.4. The van der Waals surface area contributed by atoms with E-state index in [0.717, 1.165) is 32.5 Å². The Morgan fingerprint density at radius 1 is 1.22 bits per heavy atom. The third-order valence-electron chi connectivity index (χ3n) is 6.65. The minimum Gasteiger partial charge on any atom is -0.380 e. The van der Waals surface area contributed by atoms with Crippen molar-refractivity contribution in [1.29, 1.82) is 5.26 Å². The quantitative estimate of drug-likeness (QED) is 0.200. The van der Waals surface area contributed by atoms with Crippen molar-refractivity contribution in [3.63, 3.8) is 0 Å². The number of hydrogen-bond donors (Lipinski definition) is 2. The van der Waals surface area contributed by atoms with Gasteiger partial charge in [0, 0.05) is 25.7 Å². The van der Waals surface area contributed by atoms with E-state index in [9.17, 15) is 4.39 Å². The summed E-state index contributed by atoms with van der Waals surface area (Å²) in [6, 6.07) is 7.30. The zero-order valence-electron chi connectivity index (χ0n) is 19.4. The number of benzene rings is 1. The van der Waals surface area contributed by atoms with Crippen LogP contribution in [0.25, 0.3) is 0 Å². The van der Waals surface area contributed by atoms with Gasteiger partial charge < -0.3 is 15.0 Å². The summed E-state index contributed by atoms with van der Waals surface area (Å²) in [6.07, 6.45) is 10.3. The number of rotatable bonds is 9. The highest BCUT2D eigenvalue weighted by molar-refractivity contribution is 5.81. The summed E-state index contributed by atoms with van der Waals surface area (Å²) in [5.74, 6) is 1.57. The summed E-state index contributed by atoms with van der Waals surface area (Å²) >= 11 is 0. The zero-order chi connectivity index (χ0) is 22.6. The second-order valence-corrected chi connectivity index (χ2v) is 9.06. The fraction of sp³-hybridized carbons (Fsp3) is 0.680. The molecule has 0 radical (unpaired) electrons. The summed E-state index contributed by atoms with van der Waals surface area (Å²) < 4.78 is 18.6. The summed E-state index contributed by atoms with van der Waals surface area (Å²) in [7, 11) is 0. The van der Waals surface area contributed by atoms with Gasteiger partial charge in [-0.1, -0.05) is 25.0 Å². The molecule has 1 saturated heterocycles. The molecule has 0 aromatic heterocycles.